The first kappa shape index (κ1) is 48.0. The van der Waals surface area contributed by atoms with Gasteiger partial charge in [0.05, 0.1) is 0 Å². The summed E-state index contributed by atoms with van der Waals surface area (Å²) in [5.74, 6) is -6.34. The van der Waals surface area contributed by atoms with Crippen LogP contribution in [0.4, 0.5) is 0 Å². The molecule has 68 heavy (non-hydrogen) atoms. The van der Waals surface area contributed by atoms with E-state index in [1.54, 1.807) is 84.9 Å². The van der Waals surface area contributed by atoms with Crippen molar-refractivity contribution in [1.82, 2.24) is 0 Å². The van der Waals surface area contributed by atoms with Gasteiger partial charge in [0.1, 0.15) is 40.2 Å². The van der Waals surface area contributed by atoms with Gasteiger partial charge < -0.3 is 33.2 Å². The van der Waals surface area contributed by atoms with Gasteiger partial charge in [0.25, 0.3) is 0 Å². The summed E-state index contributed by atoms with van der Waals surface area (Å²) in [7, 11) is -1.37. The summed E-state index contributed by atoms with van der Waals surface area (Å²) < 4.78 is 78.2. The van der Waals surface area contributed by atoms with Gasteiger partial charge in [0, 0.05) is 9.03 Å². The first-order valence-electron chi connectivity index (χ1n) is 21.6. The standard InChI is InChI=1S/C52H49N4O8P4/c1-36-8-22-43(23-9-36)57-50(64-68-55-66-53-65-54-67-56-68,51(58-44-24-10-37(2)11-25-44,59-45-26-12-38(3)13-27-45)60-46-28-14-39(4)15-29-46)52(61-47-30-16-40(5)17-31-47,62-48-32-18-41(6)19-33-48)63-49-34-20-42(7)21-35-49/h8-35H,1-7H3/q+1. The lowest BCUT2D eigenvalue weighted by Gasteiger charge is -2.49. The maximum absolute atomic E-state index is 7.59. The maximum atomic E-state index is 7.59. The van der Waals surface area contributed by atoms with Crippen LogP contribution < -0.4 is 33.2 Å². The normalized spacial score (nSPS) is 13.8. The monoisotopic (exact) mass is 981 g/mol. The van der Waals surface area contributed by atoms with Crippen LogP contribution in [0.3, 0.4) is 0 Å². The van der Waals surface area contributed by atoms with Crippen molar-refractivity contribution in [2.45, 2.75) is 66.2 Å². The highest BCUT2D eigenvalue weighted by Gasteiger charge is 2.86. The van der Waals surface area contributed by atoms with Crippen LogP contribution in [-0.4, -0.2) is 17.7 Å². The van der Waals surface area contributed by atoms with Gasteiger partial charge >= 0.3 is 25.8 Å². The quantitative estimate of drug-likeness (QED) is 0.0615. The van der Waals surface area contributed by atoms with E-state index >= 15 is 0 Å². The second-order valence-electron chi connectivity index (χ2n) is 16.1. The fourth-order valence-corrected chi connectivity index (χ4v) is 10.1. The minimum absolute atomic E-state index is 0.245. The average molecular weight is 982 g/mol. The van der Waals surface area contributed by atoms with Crippen molar-refractivity contribution in [3.8, 4) is 40.2 Å². The van der Waals surface area contributed by atoms with E-state index in [-0.39, 0.29) is 57.3 Å². The molecule has 12 nitrogen and oxygen atoms in total. The van der Waals surface area contributed by atoms with Crippen LogP contribution in [-0.2, 0) is 4.52 Å². The van der Waals surface area contributed by atoms with E-state index in [2.05, 4.69) is 9.03 Å². The highest BCUT2D eigenvalue weighted by atomic mass is 31.2. The second kappa shape index (κ2) is 21.6. The van der Waals surface area contributed by atoms with Crippen LogP contribution >= 0.6 is 33.7 Å². The lowest BCUT2D eigenvalue weighted by Crippen LogP contribution is -2.82. The van der Waals surface area contributed by atoms with Crippen molar-refractivity contribution in [1.29, 1.82) is 0 Å². The molecule has 0 radical (unpaired) electrons. The highest BCUT2D eigenvalue weighted by Crippen LogP contribution is 2.55. The van der Waals surface area contributed by atoms with Crippen LogP contribution in [0.5, 0.6) is 40.2 Å². The Morgan fingerprint density at radius 1 is 0.309 bits per heavy atom. The Labute approximate surface area is 403 Å². The molecule has 0 N–H and O–H groups in total. The molecule has 0 saturated heterocycles. The van der Waals surface area contributed by atoms with Gasteiger partial charge in [-0.2, -0.15) is 9.03 Å². The Bertz CT molecular complexity index is 2520. The topological polar surface area (TPSA) is 123 Å². The molecule has 0 aromatic heterocycles. The van der Waals surface area contributed by atoms with Gasteiger partial charge in [0.2, 0.25) is 17.0 Å². The van der Waals surface area contributed by atoms with Gasteiger partial charge in [-0.1, -0.05) is 128 Å². The van der Waals surface area contributed by atoms with E-state index in [9.17, 15) is 0 Å². The second-order valence-corrected chi connectivity index (χ2v) is 20.2. The van der Waals surface area contributed by atoms with E-state index in [0.717, 1.165) is 38.9 Å². The van der Waals surface area contributed by atoms with Crippen molar-refractivity contribution in [2.75, 3.05) is 0 Å². The Morgan fingerprint density at radius 2 is 0.544 bits per heavy atom. The van der Waals surface area contributed by atoms with Gasteiger partial charge in [-0.15, -0.1) is 0 Å². The van der Waals surface area contributed by atoms with Crippen LogP contribution in [0.2, 0.25) is 0 Å². The molecule has 16 heteroatoms. The molecule has 1 aliphatic heterocycles. The molecule has 7 aromatic carbocycles. The number of benzene rings is 7. The largest absolute Gasteiger partial charge is 0.553 e. The number of hydrogen-bond acceptors (Lipinski definition) is 12. The van der Waals surface area contributed by atoms with Gasteiger partial charge in [-0.3, -0.25) is 0 Å². The van der Waals surface area contributed by atoms with Crippen LogP contribution in [0.25, 0.3) is 0 Å². The zero-order chi connectivity index (χ0) is 47.6. The lowest BCUT2D eigenvalue weighted by atomic mass is 10.1. The molecule has 1 heterocycles. The zero-order valence-corrected chi connectivity index (χ0v) is 42.1. The molecule has 0 bridgehead atoms. The molecule has 0 fully saturated rings. The molecule has 0 amide bonds. The summed E-state index contributed by atoms with van der Waals surface area (Å²) in [6.07, 6.45) is 0. The minimum atomic E-state index is -2.82. The summed E-state index contributed by atoms with van der Waals surface area (Å²) in [6.45, 7) is 13.9. The van der Waals surface area contributed by atoms with Gasteiger partial charge in [0.15, 0.2) is 8.52 Å². The fourth-order valence-electron chi connectivity index (χ4n) is 6.64. The predicted molar refractivity (Wildman–Crippen MR) is 269 cm³/mol. The van der Waals surface area contributed by atoms with E-state index in [1.807, 2.05) is 133 Å². The Morgan fingerprint density at radius 3 is 0.809 bits per heavy atom. The summed E-state index contributed by atoms with van der Waals surface area (Å²) in [5, 5.41) is 0. The van der Waals surface area contributed by atoms with Gasteiger partial charge in [-0.25, -0.2) is 0 Å². The van der Waals surface area contributed by atoms with Gasteiger partial charge in [-0.05, 0) is 133 Å². The molecule has 0 aliphatic carbocycles. The van der Waals surface area contributed by atoms with Crippen LogP contribution in [0.15, 0.2) is 188 Å². The van der Waals surface area contributed by atoms with E-state index in [4.69, 9.17) is 46.7 Å². The molecule has 7 aromatic rings. The van der Waals surface area contributed by atoms with E-state index in [0.29, 0.717) is 8.52 Å². The van der Waals surface area contributed by atoms with Crippen molar-refractivity contribution < 1.29 is 37.7 Å². The zero-order valence-electron chi connectivity index (χ0n) is 38.5. The number of aryl methyl sites for hydroxylation is 7. The van der Waals surface area contributed by atoms with Crippen LogP contribution in [0.1, 0.15) is 38.9 Å². The third-order valence-electron chi connectivity index (χ3n) is 10.3. The molecule has 8 rings (SSSR count). The number of nitrogens with zero attached hydrogens (tertiary/aromatic N) is 4. The van der Waals surface area contributed by atoms with Crippen molar-refractivity contribution in [3.05, 3.63) is 209 Å². The molecule has 1 aliphatic rings. The SMILES string of the molecule is Cc1ccc(OC(Oc2ccc(C)cc2)(Oc2ccc(C)cc2)C(Oc2ccc(C)cc2)(O[P+]2=NP=NP=NP=N2)C(Oc2ccc(C)cc2)(Oc2ccc(C)cc2)Oc2ccc(C)cc2)cc1. The fraction of sp³-hybridized carbons (Fsp3) is 0.192. The Kier molecular flexibility index (Phi) is 15.3. The molecule has 1 atom stereocenters. The molecule has 0 saturated carbocycles. The number of rotatable bonds is 18. The summed E-state index contributed by atoms with van der Waals surface area (Å²) >= 11 is 0. The van der Waals surface area contributed by atoms with Crippen LogP contribution in [0, 0.1) is 48.5 Å². The van der Waals surface area contributed by atoms with E-state index in [1.165, 1.54) is 0 Å². The summed E-state index contributed by atoms with van der Waals surface area (Å²) in [4.78, 5) is 0. The Hall–Kier alpha value is -6.50. The average Bonchev–Trinajstić information content (AvgIpc) is 3.32. The smallest absolute Gasteiger partial charge is 0.439 e. The third-order valence-corrected chi connectivity index (χ3v) is 13.9. The highest BCUT2D eigenvalue weighted by molar-refractivity contribution is 7.55. The first-order valence-corrected chi connectivity index (χ1v) is 25.2. The summed E-state index contributed by atoms with van der Waals surface area (Å²) in [6, 6.07) is 51.9. The molecular formula is C52H49N4O8P4+. The lowest BCUT2D eigenvalue weighted by molar-refractivity contribution is -0.486. The van der Waals surface area contributed by atoms with Crippen molar-refractivity contribution in [3.63, 3.8) is 0 Å². The number of hydrogen-bond donors (Lipinski definition) is 0. The molecule has 344 valence electrons. The first-order chi connectivity index (χ1) is 32.9. The third kappa shape index (κ3) is 11.8. The molecule has 1 unspecified atom stereocenters. The maximum Gasteiger partial charge on any atom is 0.553 e. The Balaban J connectivity index is 1.59. The predicted octanol–water partition coefficient (Wildman–Crippen LogP) is 16.4. The molecule has 0 spiro atoms. The van der Waals surface area contributed by atoms with Crippen molar-refractivity contribution >= 4 is 33.7 Å². The van der Waals surface area contributed by atoms with E-state index < -0.39 is 25.8 Å². The summed E-state index contributed by atoms with van der Waals surface area (Å²) in [5.41, 5.74) is 6.81. The number of ether oxygens (including phenoxy) is 7. The minimum Gasteiger partial charge on any atom is -0.439 e. The molecular weight excluding hydrogens is 932 g/mol. The van der Waals surface area contributed by atoms with Crippen molar-refractivity contribution in [2.24, 2.45) is 18.1 Å².